The van der Waals surface area contributed by atoms with Crippen molar-refractivity contribution in [2.24, 2.45) is 0 Å². The van der Waals surface area contributed by atoms with Gasteiger partial charge < -0.3 is 10.4 Å². The number of anilines is 1. The quantitative estimate of drug-likeness (QED) is 0.462. The minimum Gasteiger partial charge on any atom is -0.508 e. The molecule has 0 atom stereocenters. The van der Waals surface area contributed by atoms with Crippen LogP contribution in [-0.4, -0.2) is 11.5 Å². The van der Waals surface area contributed by atoms with Crippen LogP contribution in [0.5, 0.6) is 5.75 Å². The van der Waals surface area contributed by atoms with Gasteiger partial charge in [0.2, 0.25) is 0 Å². The third kappa shape index (κ3) is 1.48. The van der Waals surface area contributed by atoms with E-state index in [4.69, 9.17) is 5.11 Å². The Hall–Kier alpha value is -1.51. The Morgan fingerprint density at radius 2 is 2.40 bits per heavy atom. The SMILES string of the molecule is O=[C]Nc1[c]cc(O)cc1. The summed E-state index contributed by atoms with van der Waals surface area (Å²) in [5.41, 5.74) is 0.493. The summed E-state index contributed by atoms with van der Waals surface area (Å²) < 4.78 is 0. The molecule has 0 aliphatic carbocycles. The highest BCUT2D eigenvalue weighted by Crippen LogP contribution is 2.11. The van der Waals surface area contributed by atoms with Crippen molar-refractivity contribution in [3.05, 3.63) is 24.3 Å². The van der Waals surface area contributed by atoms with Crippen LogP contribution in [-0.2, 0) is 4.79 Å². The Morgan fingerprint density at radius 1 is 1.60 bits per heavy atom. The zero-order chi connectivity index (χ0) is 7.40. The Morgan fingerprint density at radius 3 is 2.90 bits per heavy atom. The molecule has 0 bridgehead atoms. The normalized spacial score (nSPS) is 8.80. The van der Waals surface area contributed by atoms with E-state index in [1.165, 1.54) is 24.6 Å². The van der Waals surface area contributed by atoms with Crippen molar-refractivity contribution in [3.8, 4) is 5.75 Å². The van der Waals surface area contributed by atoms with E-state index in [2.05, 4.69) is 11.4 Å². The monoisotopic (exact) mass is 135 g/mol. The van der Waals surface area contributed by atoms with E-state index in [0.29, 0.717) is 5.69 Å². The predicted molar refractivity (Wildman–Crippen MR) is 36.3 cm³/mol. The molecule has 0 unspecified atom stereocenters. The lowest BCUT2D eigenvalue weighted by Crippen LogP contribution is -1.91. The predicted octanol–water partition coefficient (Wildman–Crippen LogP) is 0.671. The van der Waals surface area contributed by atoms with E-state index in [1.54, 1.807) is 0 Å². The second-order valence-electron chi connectivity index (χ2n) is 1.69. The van der Waals surface area contributed by atoms with Crippen molar-refractivity contribution >= 4 is 12.1 Å². The van der Waals surface area contributed by atoms with Crippen molar-refractivity contribution < 1.29 is 9.90 Å². The van der Waals surface area contributed by atoms with Gasteiger partial charge in [-0.3, -0.25) is 4.79 Å². The third-order valence-electron chi connectivity index (χ3n) is 0.982. The summed E-state index contributed by atoms with van der Waals surface area (Å²) in [5.74, 6) is 0.122. The minimum atomic E-state index is 0.122. The highest BCUT2D eigenvalue weighted by molar-refractivity contribution is 5.71. The van der Waals surface area contributed by atoms with Crippen LogP contribution >= 0.6 is 0 Å². The van der Waals surface area contributed by atoms with E-state index in [0.717, 1.165) is 0 Å². The molecule has 2 N–H and O–H groups in total. The van der Waals surface area contributed by atoms with Crippen molar-refractivity contribution in [1.29, 1.82) is 0 Å². The first-order valence-corrected chi connectivity index (χ1v) is 2.67. The number of amides is 1. The van der Waals surface area contributed by atoms with Crippen molar-refractivity contribution in [2.45, 2.75) is 0 Å². The van der Waals surface area contributed by atoms with Crippen LogP contribution < -0.4 is 5.32 Å². The van der Waals surface area contributed by atoms with Gasteiger partial charge in [0.15, 0.2) is 0 Å². The van der Waals surface area contributed by atoms with Gasteiger partial charge in [-0.2, -0.15) is 0 Å². The topological polar surface area (TPSA) is 49.3 Å². The summed E-state index contributed by atoms with van der Waals surface area (Å²) >= 11 is 0. The zero-order valence-corrected chi connectivity index (χ0v) is 5.09. The molecule has 0 saturated carbocycles. The van der Waals surface area contributed by atoms with Crippen LogP contribution in [0.2, 0.25) is 0 Å². The number of nitrogens with one attached hydrogen (secondary N) is 1. The summed E-state index contributed by atoms with van der Waals surface area (Å²) in [7, 11) is 0. The number of benzene rings is 1. The van der Waals surface area contributed by atoms with Gasteiger partial charge in [-0.1, -0.05) is 0 Å². The highest BCUT2D eigenvalue weighted by Gasteiger charge is 1.89. The van der Waals surface area contributed by atoms with Gasteiger partial charge in [0.25, 0.3) is 0 Å². The molecule has 1 aromatic carbocycles. The van der Waals surface area contributed by atoms with E-state index in [-0.39, 0.29) is 5.75 Å². The average Bonchev–Trinajstić information content (AvgIpc) is 1.95. The molecule has 0 aliphatic heterocycles. The number of phenols is 1. The van der Waals surface area contributed by atoms with Crippen LogP contribution in [0.3, 0.4) is 0 Å². The van der Waals surface area contributed by atoms with Gasteiger partial charge in [-0.25, -0.2) is 0 Å². The molecule has 3 nitrogen and oxygen atoms in total. The van der Waals surface area contributed by atoms with Gasteiger partial charge in [0.05, 0.1) is 0 Å². The van der Waals surface area contributed by atoms with Crippen LogP contribution in [0.4, 0.5) is 5.69 Å². The molecule has 2 radical (unpaired) electrons. The summed E-state index contributed by atoms with van der Waals surface area (Å²) in [6.45, 7) is 0. The summed E-state index contributed by atoms with van der Waals surface area (Å²) in [6, 6.07) is 6.96. The first-order chi connectivity index (χ1) is 4.83. The fourth-order valence-corrected chi connectivity index (χ4v) is 0.549. The smallest absolute Gasteiger partial charge is 0.314 e. The van der Waals surface area contributed by atoms with Crippen LogP contribution in [0.25, 0.3) is 0 Å². The van der Waals surface area contributed by atoms with Gasteiger partial charge in [0.1, 0.15) is 5.75 Å². The molecule has 0 aromatic heterocycles. The molecular formula is C7H5NO2. The minimum absolute atomic E-state index is 0.122. The molecule has 0 saturated heterocycles. The number of aromatic hydroxyl groups is 1. The fraction of sp³-hybridized carbons (Fsp3) is 0. The molecule has 0 fully saturated rings. The first-order valence-electron chi connectivity index (χ1n) is 2.67. The Kier molecular flexibility index (Phi) is 1.89. The lowest BCUT2D eigenvalue weighted by Gasteiger charge is -1.94. The molecule has 10 heavy (non-hydrogen) atoms. The number of carbonyl (C=O) groups excluding carboxylic acids is 1. The number of phenolic OH excluding ortho intramolecular Hbond substituents is 1. The second kappa shape index (κ2) is 2.87. The zero-order valence-electron chi connectivity index (χ0n) is 5.09. The Labute approximate surface area is 58.3 Å². The number of hydrogen-bond donors (Lipinski definition) is 2. The number of rotatable bonds is 2. The number of hydrogen-bond acceptors (Lipinski definition) is 2. The van der Waals surface area contributed by atoms with E-state index >= 15 is 0 Å². The van der Waals surface area contributed by atoms with E-state index in [9.17, 15) is 4.79 Å². The molecule has 1 rings (SSSR count). The lowest BCUT2D eigenvalue weighted by atomic mass is 10.3. The molecule has 50 valence electrons. The van der Waals surface area contributed by atoms with E-state index in [1.807, 2.05) is 0 Å². The molecule has 3 heteroatoms. The maximum absolute atomic E-state index is 9.74. The third-order valence-corrected chi connectivity index (χ3v) is 0.982. The first kappa shape index (κ1) is 6.61. The summed E-state index contributed by atoms with van der Waals surface area (Å²) in [4.78, 5) is 9.74. The molecule has 1 amide bonds. The maximum Gasteiger partial charge on any atom is 0.314 e. The Bertz CT molecular complexity index is 218. The van der Waals surface area contributed by atoms with E-state index < -0.39 is 0 Å². The van der Waals surface area contributed by atoms with Crippen LogP contribution in [0, 0.1) is 6.07 Å². The molecule has 0 spiro atoms. The fourth-order valence-electron chi connectivity index (χ4n) is 0.549. The molecular weight excluding hydrogens is 130 g/mol. The van der Waals surface area contributed by atoms with Gasteiger partial charge in [-0.05, 0) is 18.2 Å². The summed E-state index contributed by atoms with van der Waals surface area (Å²) in [6.07, 6.45) is 1.49. The van der Waals surface area contributed by atoms with Gasteiger partial charge in [-0.15, -0.1) is 0 Å². The largest absolute Gasteiger partial charge is 0.508 e. The van der Waals surface area contributed by atoms with Gasteiger partial charge >= 0.3 is 6.41 Å². The van der Waals surface area contributed by atoms with Crippen molar-refractivity contribution in [1.82, 2.24) is 0 Å². The standard InChI is InChI=1S/C7H5NO2/c9-5-8-6-1-3-7(10)4-2-6/h1,3-4,10H,(H,8,9). The molecule has 1 aromatic rings. The molecule has 0 heterocycles. The maximum atomic E-state index is 9.74. The summed E-state index contributed by atoms with van der Waals surface area (Å²) in [5, 5.41) is 11.0. The highest BCUT2D eigenvalue weighted by atomic mass is 16.3. The van der Waals surface area contributed by atoms with Crippen molar-refractivity contribution in [2.75, 3.05) is 5.32 Å². The van der Waals surface area contributed by atoms with Crippen molar-refractivity contribution in [3.63, 3.8) is 0 Å². The Balaban J connectivity index is 2.78. The lowest BCUT2D eigenvalue weighted by molar-refractivity contribution is 0.475. The van der Waals surface area contributed by atoms with Gasteiger partial charge in [0, 0.05) is 11.8 Å². The van der Waals surface area contributed by atoms with Crippen LogP contribution in [0.1, 0.15) is 0 Å². The second-order valence-corrected chi connectivity index (χ2v) is 1.69. The molecule has 0 aliphatic rings. The van der Waals surface area contributed by atoms with Crippen LogP contribution in [0.15, 0.2) is 18.2 Å². The average molecular weight is 135 g/mol.